The van der Waals surface area contributed by atoms with Gasteiger partial charge >= 0.3 is 0 Å². The van der Waals surface area contributed by atoms with Crippen molar-refractivity contribution in [3.8, 4) is 6.07 Å². The molecule has 0 aliphatic carbocycles. The molecule has 0 radical (unpaired) electrons. The molecule has 1 N–H and O–H groups in total. The zero-order valence-electron chi connectivity index (χ0n) is 14.6. The molecule has 1 aromatic carbocycles. The molecule has 3 rings (SSSR count). The number of nitrogens with one attached hydrogen (secondary N) is 1. The molecule has 0 atom stereocenters. The first-order chi connectivity index (χ1) is 12.5. The lowest BCUT2D eigenvalue weighted by molar-refractivity contribution is 0.222. The van der Waals surface area contributed by atoms with Gasteiger partial charge in [0.25, 0.3) is 0 Å². The summed E-state index contributed by atoms with van der Waals surface area (Å²) in [5.41, 5.74) is 0.990. The van der Waals surface area contributed by atoms with Gasteiger partial charge in [0.1, 0.15) is 17.6 Å². The summed E-state index contributed by atoms with van der Waals surface area (Å²) >= 11 is 0. The average molecular weight is 371 g/mol. The number of hydrogen-bond acceptors (Lipinski definition) is 6. The number of nitrogens with zero attached hydrogens (tertiary/aromatic N) is 4. The number of aromatic nitrogens is 1. The average Bonchev–Trinajstić information content (AvgIpc) is 2.67. The number of benzene rings is 1. The maximum absolute atomic E-state index is 13.0. The molecule has 0 unspecified atom stereocenters. The molecule has 0 amide bonds. The second kappa shape index (κ2) is 7.83. The minimum Gasteiger partial charge on any atom is -0.366 e. The van der Waals surface area contributed by atoms with Crippen molar-refractivity contribution in [3.63, 3.8) is 0 Å². The highest BCUT2D eigenvalue weighted by atomic mass is 32.2. The van der Waals surface area contributed by atoms with Crippen LogP contribution in [0.1, 0.15) is 11.3 Å². The maximum Gasteiger partial charge on any atom is 0.243 e. The van der Waals surface area contributed by atoms with Gasteiger partial charge in [0, 0.05) is 32.7 Å². The number of likely N-dealkylation sites (N-methyl/N-ethyl adjacent to an activating group) is 1. The lowest BCUT2D eigenvalue weighted by Crippen LogP contribution is -2.47. The Balaban J connectivity index is 1.80. The van der Waals surface area contributed by atoms with Crippen LogP contribution in [0.5, 0.6) is 0 Å². The minimum atomic E-state index is -3.54. The van der Waals surface area contributed by atoms with Crippen LogP contribution in [0.4, 0.5) is 5.82 Å². The molecule has 2 aromatic rings. The van der Waals surface area contributed by atoms with Crippen LogP contribution in [0.3, 0.4) is 0 Å². The predicted octanol–water partition coefficient (Wildman–Crippen LogP) is 1.50. The zero-order chi connectivity index (χ0) is 18.6. The van der Waals surface area contributed by atoms with E-state index in [0.29, 0.717) is 41.6 Å². The van der Waals surface area contributed by atoms with Crippen LogP contribution in [-0.4, -0.2) is 55.8 Å². The lowest BCUT2D eigenvalue weighted by atomic mass is 10.2. The molecule has 0 bridgehead atoms. The number of pyridine rings is 1. The molecular weight excluding hydrogens is 350 g/mol. The van der Waals surface area contributed by atoms with E-state index in [1.54, 1.807) is 40.7 Å². The van der Waals surface area contributed by atoms with E-state index in [2.05, 4.69) is 15.2 Å². The number of piperazine rings is 1. The van der Waals surface area contributed by atoms with E-state index in [-0.39, 0.29) is 0 Å². The van der Waals surface area contributed by atoms with Gasteiger partial charge in [0.15, 0.2) is 0 Å². The van der Waals surface area contributed by atoms with Crippen LogP contribution in [0.2, 0.25) is 0 Å². The van der Waals surface area contributed by atoms with Crippen molar-refractivity contribution < 1.29 is 8.42 Å². The van der Waals surface area contributed by atoms with Gasteiger partial charge in [-0.1, -0.05) is 24.3 Å². The summed E-state index contributed by atoms with van der Waals surface area (Å²) in [4.78, 5) is 6.59. The van der Waals surface area contributed by atoms with Gasteiger partial charge < -0.3 is 10.2 Å². The van der Waals surface area contributed by atoms with Crippen molar-refractivity contribution in [3.05, 3.63) is 53.7 Å². The molecule has 0 spiro atoms. The second-order valence-corrected chi connectivity index (χ2v) is 8.09. The van der Waals surface area contributed by atoms with Crippen LogP contribution in [0, 0.1) is 11.3 Å². The molecule has 2 heterocycles. The standard InChI is InChI=1S/C18H21N5O2S/c1-22-9-11-23(12-10-22)26(24,25)17-7-3-2-5-15(17)14-20-18-8-4-6-16(13-19)21-18/h2-8H,9-12,14H2,1H3,(H,20,21). The highest BCUT2D eigenvalue weighted by Crippen LogP contribution is 2.22. The summed E-state index contributed by atoms with van der Waals surface area (Å²) in [6.45, 7) is 2.75. The Morgan fingerprint density at radius 1 is 1.12 bits per heavy atom. The van der Waals surface area contributed by atoms with Crippen LogP contribution in [0.25, 0.3) is 0 Å². The van der Waals surface area contributed by atoms with Crippen LogP contribution >= 0.6 is 0 Å². The molecule has 8 heteroatoms. The largest absolute Gasteiger partial charge is 0.366 e. The molecule has 1 fully saturated rings. The monoisotopic (exact) mass is 371 g/mol. The SMILES string of the molecule is CN1CCN(S(=O)(=O)c2ccccc2CNc2cccc(C#N)n2)CC1. The van der Waals surface area contributed by atoms with E-state index in [9.17, 15) is 8.42 Å². The smallest absolute Gasteiger partial charge is 0.243 e. The normalized spacial score (nSPS) is 16.2. The first-order valence-corrected chi connectivity index (χ1v) is 9.82. The van der Waals surface area contributed by atoms with Crippen molar-refractivity contribution in [2.24, 2.45) is 0 Å². The Morgan fingerprint density at radius 2 is 1.85 bits per heavy atom. The fraction of sp³-hybridized carbons (Fsp3) is 0.333. The Kier molecular flexibility index (Phi) is 5.52. The van der Waals surface area contributed by atoms with Crippen molar-refractivity contribution in [2.45, 2.75) is 11.4 Å². The van der Waals surface area contributed by atoms with Crippen molar-refractivity contribution >= 4 is 15.8 Å². The highest BCUT2D eigenvalue weighted by Gasteiger charge is 2.29. The van der Waals surface area contributed by atoms with Gasteiger partial charge in [-0.3, -0.25) is 0 Å². The van der Waals surface area contributed by atoms with E-state index < -0.39 is 10.0 Å². The van der Waals surface area contributed by atoms with Gasteiger partial charge in [0.2, 0.25) is 10.0 Å². The second-order valence-electron chi connectivity index (χ2n) is 6.19. The van der Waals surface area contributed by atoms with Gasteiger partial charge in [-0.15, -0.1) is 0 Å². The summed E-state index contributed by atoms with van der Waals surface area (Å²) in [6.07, 6.45) is 0. The molecule has 1 saturated heterocycles. The molecular formula is C18H21N5O2S. The molecule has 1 aliphatic heterocycles. The Labute approximate surface area is 153 Å². The molecule has 136 valence electrons. The topological polar surface area (TPSA) is 89.3 Å². The van der Waals surface area contributed by atoms with Gasteiger partial charge in [-0.25, -0.2) is 13.4 Å². The maximum atomic E-state index is 13.0. The van der Waals surface area contributed by atoms with Crippen LogP contribution in [-0.2, 0) is 16.6 Å². The number of sulfonamides is 1. The molecule has 26 heavy (non-hydrogen) atoms. The fourth-order valence-corrected chi connectivity index (χ4v) is 4.49. The van der Waals surface area contributed by atoms with Gasteiger partial charge in [0.05, 0.1) is 4.90 Å². The van der Waals surface area contributed by atoms with Crippen molar-refractivity contribution in [1.29, 1.82) is 5.26 Å². The van der Waals surface area contributed by atoms with Gasteiger partial charge in [-0.2, -0.15) is 9.57 Å². The first-order valence-electron chi connectivity index (χ1n) is 8.38. The van der Waals surface area contributed by atoms with Gasteiger partial charge in [-0.05, 0) is 30.8 Å². The third-order valence-corrected chi connectivity index (χ3v) is 6.38. The molecule has 1 aliphatic rings. The Bertz CT molecular complexity index is 915. The summed E-state index contributed by atoms with van der Waals surface area (Å²) in [5.74, 6) is 0.538. The summed E-state index contributed by atoms with van der Waals surface area (Å²) in [6, 6.07) is 14.1. The number of nitriles is 1. The van der Waals surface area contributed by atoms with E-state index in [4.69, 9.17) is 5.26 Å². The summed E-state index contributed by atoms with van der Waals surface area (Å²) in [5, 5.41) is 12.0. The molecule has 1 aromatic heterocycles. The molecule has 7 nitrogen and oxygen atoms in total. The summed E-state index contributed by atoms with van der Waals surface area (Å²) in [7, 11) is -1.55. The van der Waals surface area contributed by atoms with Crippen LogP contribution in [0.15, 0.2) is 47.4 Å². The van der Waals surface area contributed by atoms with E-state index in [0.717, 1.165) is 13.1 Å². The Morgan fingerprint density at radius 3 is 2.58 bits per heavy atom. The third kappa shape index (κ3) is 4.02. The highest BCUT2D eigenvalue weighted by molar-refractivity contribution is 7.89. The Hall–Kier alpha value is -2.47. The third-order valence-electron chi connectivity index (χ3n) is 4.38. The van der Waals surface area contributed by atoms with Crippen molar-refractivity contribution in [2.75, 3.05) is 38.5 Å². The minimum absolute atomic E-state index is 0.311. The van der Waals surface area contributed by atoms with E-state index in [1.165, 1.54) is 0 Å². The first kappa shape index (κ1) is 18.3. The lowest BCUT2D eigenvalue weighted by Gasteiger charge is -2.32. The number of anilines is 1. The predicted molar refractivity (Wildman–Crippen MR) is 99.0 cm³/mol. The van der Waals surface area contributed by atoms with Crippen LogP contribution < -0.4 is 5.32 Å². The number of hydrogen-bond donors (Lipinski definition) is 1. The van der Waals surface area contributed by atoms with Crippen molar-refractivity contribution in [1.82, 2.24) is 14.2 Å². The van der Waals surface area contributed by atoms with E-state index in [1.807, 2.05) is 19.2 Å². The summed E-state index contributed by atoms with van der Waals surface area (Å²) < 4.78 is 27.6. The quantitative estimate of drug-likeness (QED) is 0.857. The van der Waals surface area contributed by atoms with E-state index >= 15 is 0 Å². The molecule has 0 saturated carbocycles. The fourth-order valence-electron chi connectivity index (χ4n) is 2.85. The zero-order valence-corrected chi connectivity index (χ0v) is 15.4. The number of rotatable bonds is 5.